The van der Waals surface area contributed by atoms with Gasteiger partial charge in [0.25, 0.3) is 0 Å². The molecule has 4 nitrogen and oxygen atoms in total. The predicted octanol–water partition coefficient (Wildman–Crippen LogP) is 14.4. The summed E-state index contributed by atoms with van der Waals surface area (Å²) in [5, 5.41) is 2.49. The number of hydrogen-bond donors (Lipinski definition) is 0. The van der Waals surface area contributed by atoms with Crippen molar-refractivity contribution in [3.8, 4) is 50.7 Å². The molecule has 280 valence electrons. The quantitative estimate of drug-likeness (QED) is 0.169. The molecule has 3 heterocycles. The van der Waals surface area contributed by atoms with Crippen LogP contribution < -0.4 is 4.90 Å². The van der Waals surface area contributed by atoms with Crippen molar-refractivity contribution in [1.82, 2.24) is 14.5 Å². The molecule has 0 fully saturated rings. The molecule has 0 unspecified atom stereocenters. The molecule has 8 aromatic carbocycles. The maximum Gasteiger partial charge on any atom is 0.160 e. The fourth-order valence-corrected chi connectivity index (χ4v) is 9.09. The SMILES string of the molecule is CC1(C)c2ccccc2N(c2ccccc2-c2cc(-c3ccccc3)nc(-c3ccccc3)n2)c2ccc(-c3ccc4c(c3)c3ccccc3n4-c3ccccc3)cc21. The molecule has 2 aromatic heterocycles. The number of anilines is 3. The van der Waals surface area contributed by atoms with Crippen LogP contribution in [0.3, 0.4) is 0 Å². The van der Waals surface area contributed by atoms with Crippen molar-refractivity contribution in [2.24, 2.45) is 0 Å². The number of aromatic nitrogens is 3. The maximum atomic E-state index is 5.28. The number of nitrogens with zero attached hydrogens (tertiary/aromatic N) is 4. The third-order valence-corrected chi connectivity index (χ3v) is 12.0. The summed E-state index contributed by atoms with van der Waals surface area (Å²) in [7, 11) is 0. The van der Waals surface area contributed by atoms with Crippen molar-refractivity contribution in [1.29, 1.82) is 0 Å². The molecule has 0 N–H and O–H groups in total. The molecule has 0 spiro atoms. The van der Waals surface area contributed by atoms with E-state index < -0.39 is 0 Å². The molecule has 0 saturated heterocycles. The van der Waals surface area contributed by atoms with Gasteiger partial charge in [0.1, 0.15) is 0 Å². The van der Waals surface area contributed by atoms with Crippen LogP contribution in [0.15, 0.2) is 206 Å². The van der Waals surface area contributed by atoms with E-state index in [0.717, 1.165) is 45.1 Å². The summed E-state index contributed by atoms with van der Waals surface area (Å²) >= 11 is 0. The molecule has 1 aliphatic heterocycles. The minimum Gasteiger partial charge on any atom is -0.309 e. The van der Waals surface area contributed by atoms with Gasteiger partial charge in [-0.2, -0.15) is 0 Å². The fraction of sp³-hybridized carbons (Fsp3) is 0.0545. The molecular weight excluding hydrogens is 717 g/mol. The standard InChI is InChI=1S/C55H40N4/c1-55(2)45-26-14-17-29-52(45)59(50-28-16-13-25-43(50)48-36-47(37-18-6-3-7-19-37)56-54(57-48)38-20-8-4-9-21-38)53-33-31-40(35-46(53)55)39-30-32-51-44(34-39)42-24-12-15-27-49(42)58(51)41-22-10-5-11-23-41/h3-36H,1-2H3. The average Bonchev–Trinajstić information content (AvgIpc) is 3.64. The fourth-order valence-electron chi connectivity index (χ4n) is 9.09. The molecule has 1 aliphatic rings. The van der Waals surface area contributed by atoms with Crippen LogP contribution in [0.2, 0.25) is 0 Å². The summed E-state index contributed by atoms with van der Waals surface area (Å²) in [6.45, 7) is 4.72. The van der Waals surface area contributed by atoms with Crippen LogP contribution in [-0.4, -0.2) is 14.5 Å². The molecule has 0 aliphatic carbocycles. The highest BCUT2D eigenvalue weighted by Gasteiger charge is 2.38. The Morgan fingerprint density at radius 2 is 0.966 bits per heavy atom. The number of benzene rings is 8. The number of rotatable bonds is 6. The van der Waals surface area contributed by atoms with E-state index in [2.05, 4.69) is 205 Å². The van der Waals surface area contributed by atoms with Crippen molar-refractivity contribution in [3.63, 3.8) is 0 Å². The van der Waals surface area contributed by atoms with Crippen molar-refractivity contribution >= 4 is 38.9 Å². The Morgan fingerprint density at radius 3 is 1.76 bits per heavy atom. The van der Waals surface area contributed by atoms with Crippen molar-refractivity contribution < 1.29 is 0 Å². The van der Waals surface area contributed by atoms with Gasteiger partial charge in [0, 0.05) is 38.6 Å². The first-order chi connectivity index (χ1) is 29.0. The first-order valence-electron chi connectivity index (χ1n) is 20.3. The van der Waals surface area contributed by atoms with Crippen LogP contribution in [0.4, 0.5) is 17.1 Å². The lowest BCUT2D eigenvalue weighted by molar-refractivity contribution is 0.632. The van der Waals surface area contributed by atoms with Gasteiger partial charge in [-0.15, -0.1) is 0 Å². The first kappa shape index (κ1) is 34.7. The predicted molar refractivity (Wildman–Crippen MR) is 245 cm³/mol. The number of para-hydroxylation sites is 4. The molecule has 0 atom stereocenters. The zero-order valence-electron chi connectivity index (χ0n) is 32.9. The highest BCUT2D eigenvalue weighted by atomic mass is 15.2. The van der Waals surface area contributed by atoms with E-state index in [9.17, 15) is 0 Å². The molecule has 0 bridgehead atoms. The van der Waals surface area contributed by atoms with E-state index in [0.29, 0.717) is 5.82 Å². The second kappa shape index (κ2) is 13.8. The number of fused-ring (bicyclic) bond motifs is 5. The van der Waals surface area contributed by atoms with Gasteiger partial charge in [0.05, 0.1) is 39.5 Å². The van der Waals surface area contributed by atoms with Crippen molar-refractivity contribution in [2.75, 3.05) is 4.90 Å². The minimum absolute atomic E-state index is 0.267. The third-order valence-electron chi connectivity index (χ3n) is 12.0. The van der Waals surface area contributed by atoms with Gasteiger partial charge in [-0.3, -0.25) is 0 Å². The highest BCUT2D eigenvalue weighted by molar-refractivity contribution is 6.10. The van der Waals surface area contributed by atoms with Crippen LogP contribution in [0.5, 0.6) is 0 Å². The summed E-state index contributed by atoms with van der Waals surface area (Å²) in [5.74, 6) is 0.700. The molecule has 0 saturated carbocycles. The van der Waals surface area contributed by atoms with E-state index in [1.54, 1.807) is 0 Å². The zero-order valence-corrected chi connectivity index (χ0v) is 32.9. The van der Waals surface area contributed by atoms with Gasteiger partial charge in [0.15, 0.2) is 5.82 Å². The summed E-state index contributed by atoms with van der Waals surface area (Å²) in [4.78, 5) is 12.8. The Morgan fingerprint density at radius 1 is 0.390 bits per heavy atom. The summed E-state index contributed by atoms with van der Waals surface area (Å²) in [5.41, 5.74) is 16.5. The Bertz CT molecular complexity index is 3130. The van der Waals surface area contributed by atoms with Crippen LogP contribution >= 0.6 is 0 Å². The Kier molecular flexibility index (Phi) is 8.12. The van der Waals surface area contributed by atoms with Gasteiger partial charge >= 0.3 is 0 Å². The Labute approximate surface area is 344 Å². The minimum atomic E-state index is -0.267. The van der Waals surface area contributed by atoms with Crippen LogP contribution in [0, 0.1) is 0 Å². The second-order valence-electron chi connectivity index (χ2n) is 15.8. The van der Waals surface area contributed by atoms with Crippen LogP contribution in [0.25, 0.3) is 72.5 Å². The summed E-state index contributed by atoms with van der Waals surface area (Å²) < 4.78 is 2.37. The number of hydrogen-bond acceptors (Lipinski definition) is 3. The van der Waals surface area contributed by atoms with E-state index in [1.807, 2.05) is 24.3 Å². The lowest BCUT2D eigenvalue weighted by Crippen LogP contribution is -2.30. The van der Waals surface area contributed by atoms with E-state index in [1.165, 1.54) is 49.7 Å². The second-order valence-corrected chi connectivity index (χ2v) is 15.8. The third kappa shape index (κ3) is 5.75. The normalized spacial score (nSPS) is 13.0. The van der Waals surface area contributed by atoms with Gasteiger partial charge in [-0.05, 0) is 82.9 Å². The molecule has 4 heteroatoms. The van der Waals surface area contributed by atoms with Crippen molar-refractivity contribution in [2.45, 2.75) is 19.3 Å². The Hall–Kier alpha value is -7.56. The lowest BCUT2D eigenvalue weighted by Gasteiger charge is -2.42. The molecule has 11 rings (SSSR count). The van der Waals surface area contributed by atoms with Gasteiger partial charge in [-0.1, -0.05) is 159 Å². The van der Waals surface area contributed by atoms with Crippen LogP contribution in [-0.2, 0) is 5.41 Å². The highest BCUT2D eigenvalue weighted by Crippen LogP contribution is 2.54. The Balaban J connectivity index is 1.09. The monoisotopic (exact) mass is 756 g/mol. The zero-order chi connectivity index (χ0) is 39.5. The smallest absolute Gasteiger partial charge is 0.160 e. The van der Waals surface area contributed by atoms with Gasteiger partial charge in [0.2, 0.25) is 0 Å². The lowest BCUT2D eigenvalue weighted by atomic mass is 9.72. The van der Waals surface area contributed by atoms with Gasteiger partial charge < -0.3 is 9.47 Å². The molecular formula is C55H40N4. The maximum absolute atomic E-state index is 5.28. The van der Waals surface area contributed by atoms with E-state index in [-0.39, 0.29) is 5.41 Å². The van der Waals surface area contributed by atoms with Gasteiger partial charge in [-0.25, -0.2) is 9.97 Å². The average molecular weight is 757 g/mol. The summed E-state index contributed by atoms with van der Waals surface area (Å²) in [6.07, 6.45) is 0. The van der Waals surface area contributed by atoms with Crippen molar-refractivity contribution in [3.05, 3.63) is 217 Å². The largest absolute Gasteiger partial charge is 0.309 e. The topological polar surface area (TPSA) is 34.0 Å². The van der Waals surface area contributed by atoms with Crippen LogP contribution in [0.1, 0.15) is 25.0 Å². The summed E-state index contributed by atoms with van der Waals surface area (Å²) in [6, 6.07) is 73.7. The molecule has 0 radical (unpaired) electrons. The molecule has 0 amide bonds. The van der Waals surface area contributed by atoms with E-state index >= 15 is 0 Å². The molecule has 59 heavy (non-hydrogen) atoms. The van der Waals surface area contributed by atoms with E-state index in [4.69, 9.17) is 9.97 Å². The molecule has 10 aromatic rings. The first-order valence-corrected chi connectivity index (χ1v) is 20.3.